The van der Waals surface area contributed by atoms with E-state index in [1.807, 2.05) is 0 Å². The number of aliphatic hydroxyl groups is 1. The number of primary amides is 2. The second kappa shape index (κ2) is 22.8. The van der Waals surface area contributed by atoms with Crippen LogP contribution < -0.4 is 48.5 Å². The lowest BCUT2D eigenvalue weighted by Gasteiger charge is -2.28. The Morgan fingerprint density at radius 3 is 2.24 bits per heavy atom. The van der Waals surface area contributed by atoms with E-state index in [0.717, 1.165) is 14.7 Å². The number of aliphatic hydroxyl groups excluding tert-OH is 1. The molecule has 362 valence electrons. The van der Waals surface area contributed by atoms with Crippen LogP contribution in [-0.2, 0) is 55.6 Å². The van der Waals surface area contributed by atoms with Gasteiger partial charge in [0.1, 0.15) is 34.9 Å². The number of H-pyrrole nitrogens is 1. The molecule has 10 amide bonds. The molecule has 1 aromatic carbocycles. The highest BCUT2D eigenvalue weighted by Crippen LogP contribution is 2.30. The standard InChI is InChI=1S/C39H56N12O14S/c1-5-18(2)31-35(59)44-14-29(54)45-26(34(58)46-25(13-28(41)53)37(60)51-16-19(52)10-27(51)32(42)56)17-66(64)36-22(12-23(40)33(57)43-15-30(55)48-31)21-7-6-20(11-24(21)47-36)65-39(63)50(4)9-8-49(3)38(61)62/h6-7,11,18-19,23,25-27,31,47,52H,5,8-10,12-17,40H2,1-4H3,(H2,41,53)(H2,42,56)(H,43,57)(H,44,59)(H,45,54)(H,46,58)(H,48,55)(H,61,62)/t18-,19+,23+,25-,26-,27-,31-,66?/m0/s1. The summed E-state index contributed by atoms with van der Waals surface area (Å²) < 4.78 is 20.0. The van der Waals surface area contributed by atoms with Crippen LogP contribution in [0.15, 0.2) is 23.2 Å². The molecule has 1 saturated heterocycles. The highest BCUT2D eigenvalue weighted by molar-refractivity contribution is 7.85. The number of β-amino-alcohol motifs (C(OH)–C–C–N with tert-alkyl or cyclic N) is 1. The fourth-order valence-corrected chi connectivity index (χ4v) is 8.41. The molecule has 2 aromatic rings. The number of fused-ring (bicyclic) bond motifs is 3. The maximum Gasteiger partial charge on any atom is 0.415 e. The minimum atomic E-state index is -2.36. The van der Waals surface area contributed by atoms with Gasteiger partial charge in [-0.3, -0.25) is 42.6 Å². The van der Waals surface area contributed by atoms with Crippen molar-refractivity contribution in [3.05, 3.63) is 23.8 Å². The number of nitrogens with zero attached hydrogens (tertiary/aromatic N) is 3. The lowest BCUT2D eigenvalue weighted by Crippen LogP contribution is -2.59. The number of hydrogen-bond acceptors (Lipinski definition) is 14. The maximum atomic E-state index is 14.5. The van der Waals surface area contributed by atoms with Crippen LogP contribution in [0.3, 0.4) is 0 Å². The van der Waals surface area contributed by atoms with E-state index in [1.165, 1.54) is 32.3 Å². The van der Waals surface area contributed by atoms with Gasteiger partial charge in [-0.2, -0.15) is 0 Å². The molecule has 2 aliphatic rings. The van der Waals surface area contributed by atoms with Gasteiger partial charge < -0.3 is 78.4 Å². The second-order valence-electron chi connectivity index (χ2n) is 16.0. The Balaban J connectivity index is 1.76. The second-order valence-corrected chi connectivity index (χ2v) is 17.4. The Hall–Kier alpha value is -6.87. The molecule has 14 N–H and O–H groups in total. The smallest absolute Gasteiger partial charge is 0.415 e. The predicted octanol–water partition coefficient (Wildman–Crippen LogP) is -4.75. The van der Waals surface area contributed by atoms with Crippen molar-refractivity contribution in [3.63, 3.8) is 0 Å². The van der Waals surface area contributed by atoms with Crippen LogP contribution in [0.1, 0.15) is 38.7 Å². The fourth-order valence-electron chi connectivity index (χ4n) is 7.01. The van der Waals surface area contributed by atoms with E-state index in [2.05, 4.69) is 31.6 Å². The van der Waals surface area contributed by atoms with Gasteiger partial charge in [0.2, 0.25) is 47.3 Å². The molecular weight excluding hydrogens is 893 g/mol. The predicted molar refractivity (Wildman–Crippen MR) is 231 cm³/mol. The Labute approximate surface area is 379 Å². The van der Waals surface area contributed by atoms with Crippen LogP contribution in [0, 0.1) is 5.92 Å². The quantitative estimate of drug-likeness (QED) is 0.0952. The monoisotopic (exact) mass is 948 g/mol. The number of carboxylic acid groups (broad SMARTS) is 1. The minimum absolute atomic E-state index is 0.0221. The molecule has 0 bridgehead atoms. The van der Waals surface area contributed by atoms with Crippen LogP contribution in [0.5, 0.6) is 5.75 Å². The zero-order chi connectivity index (χ0) is 49.2. The molecule has 0 aliphatic carbocycles. The fraction of sp³-hybridized carbons (Fsp3) is 0.538. The lowest BCUT2D eigenvalue weighted by atomic mass is 9.98. The molecule has 0 spiro atoms. The molecular formula is C39H56N12O14S. The third-order valence-electron chi connectivity index (χ3n) is 11.0. The molecule has 1 aromatic heterocycles. The van der Waals surface area contributed by atoms with Crippen molar-refractivity contribution in [1.29, 1.82) is 0 Å². The first kappa shape index (κ1) is 51.8. The number of likely N-dealkylation sites (N-methyl/N-ethyl adjacent to an activating group) is 2. The molecule has 3 heterocycles. The van der Waals surface area contributed by atoms with E-state index in [1.54, 1.807) is 13.8 Å². The number of nitrogens with two attached hydrogens (primary N) is 3. The Morgan fingerprint density at radius 1 is 0.985 bits per heavy atom. The summed E-state index contributed by atoms with van der Waals surface area (Å²) in [4.78, 5) is 135. The third kappa shape index (κ3) is 13.6. The van der Waals surface area contributed by atoms with Crippen molar-refractivity contribution in [2.75, 3.05) is 52.6 Å². The Kier molecular flexibility index (Phi) is 17.9. The highest BCUT2D eigenvalue weighted by atomic mass is 32.2. The van der Waals surface area contributed by atoms with Crippen molar-refractivity contribution < 1.29 is 67.1 Å². The van der Waals surface area contributed by atoms with Gasteiger partial charge >= 0.3 is 12.2 Å². The lowest BCUT2D eigenvalue weighted by molar-refractivity contribution is -0.142. The van der Waals surface area contributed by atoms with Gasteiger partial charge in [0.15, 0.2) is 0 Å². The van der Waals surface area contributed by atoms with Gasteiger partial charge in [-0.1, -0.05) is 20.3 Å². The summed E-state index contributed by atoms with van der Waals surface area (Å²) in [6.45, 7) is 1.61. The average molecular weight is 949 g/mol. The van der Waals surface area contributed by atoms with Crippen molar-refractivity contribution in [1.82, 2.24) is 46.3 Å². The number of rotatable bonds is 12. The molecule has 8 atom stereocenters. The molecule has 1 fully saturated rings. The van der Waals surface area contributed by atoms with E-state index in [4.69, 9.17) is 27.0 Å². The number of carbonyl (C=O) groups is 10. The summed E-state index contributed by atoms with van der Waals surface area (Å²) in [5.41, 5.74) is 17.6. The third-order valence-corrected chi connectivity index (χ3v) is 12.4. The molecule has 66 heavy (non-hydrogen) atoms. The molecule has 27 heteroatoms. The van der Waals surface area contributed by atoms with Gasteiger partial charge in [0.25, 0.3) is 0 Å². The Bertz CT molecular complexity index is 2260. The summed E-state index contributed by atoms with van der Waals surface area (Å²) in [5.74, 6) is -8.89. The molecule has 26 nitrogen and oxygen atoms in total. The zero-order valence-electron chi connectivity index (χ0n) is 36.6. The summed E-state index contributed by atoms with van der Waals surface area (Å²) in [6, 6.07) is -3.28. The number of carbonyl (C=O) groups excluding carboxylic acids is 9. The van der Waals surface area contributed by atoms with Crippen LogP contribution in [0.4, 0.5) is 9.59 Å². The van der Waals surface area contributed by atoms with Crippen molar-refractivity contribution in [3.8, 4) is 5.75 Å². The summed E-state index contributed by atoms with van der Waals surface area (Å²) >= 11 is 0. The summed E-state index contributed by atoms with van der Waals surface area (Å²) in [7, 11) is 0.344. The number of aromatic amines is 1. The topological polar surface area (TPSA) is 401 Å². The number of benzene rings is 1. The number of aromatic nitrogens is 1. The zero-order valence-corrected chi connectivity index (χ0v) is 37.4. The van der Waals surface area contributed by atoms with E-state index in [-0.39, 0.29) is 54.3 Å². The van der Waals surface area contributed by atoms with Gasteiger partial charge in [-0.25, -0.2) is 9.59 Å². The van der Waals surface area contributed by atoms with Crippen molar-refractivity contribution in [2.45, 2.75) is 80.9 Å². The molecule has 4 rings (SSSR count). The number of hydrogen-bond donors (Lipinski definition) is 11. The van der Waals surface area contributed by atoms with E-state index >= 15 is 0 Å². The number of ether oxygens (including phenoxy) is 1. The normalized spacial score (nSPS) is 23.0. The van der Waals surface area contributed by atoms with Gasteiger partial charge in [0.05, 0.1) is 53.7 Å². The van der Waals surface area contributed by atoms with E-state index < -0.39 is 138 Å². The average Bonchev–Trinajstić information content (AvgIpc) is 3.83. The molecule has 0 radical (unpaired) electrons. The first-order chi connectivity index (χ1) is 31.0. The molecule has 0 saturated carbocycles. The first-order valence-electron chi connectivity index (χ1n) is 20.7. The van der Waals surface area contributed by atoms with Gasteiger partial charge in [-0.05, 0) is 30.0 Å². The van der Waals surface area contributed by atoms with Crippen molar-refractivity contribution in [2.24, 2.45) is 23.1 Å². The highest BCUT2D eigenvalue weighted by Gasteiger charge is 2.42. The number of amides is 10. The number of likely N-dealkylation sites (tertiary alicyclic amines) is 1. The molecule has 2 aliphatic heterocycles. The molecule has 1 unspecified atom stereocenters. The minimum Gasteiger partial charge on any atom is -0.465 e. The summed E-state index contributed by atoms with van der Waals surface area (Å²) in [5, 5.41) is 31.6. The number of nitrogens with one attached hydrogen (secondary N) is 6. The van der Waals surface area contributed by atoms with Crippen LogP contribution >= 0.6 is 0 Å². The van der Waals surface area contributed by atoms with Gasteiger partial charge in [-0.15, -0.1) is 0 Å². The van der Waals surface area contributed by atoms with Crippen LogP contribution in [0.2, 0.25) is 0 Å². The van der Waals surface area contributed by atoms with Crippen LogP contribution in [0.25, 0.3) is 10.9 Å². The summed E-state index contributed by atoms with van der Waals surface area (Å²) in [6.07, 6.45) is -4.22. The van der Waals surface area contributed by atoms with Crippen molar-refractivity contribution >= 4 is 81.1 Å². The SMILES string of the molecule is CC[C@H](C)[C@@H]1NC(=O)CNC(=O)[C@H](N)Cc2c([nH]c3cc(OC(=O)N(C)CCN(C)C(=O)O)ccc23)S(=O)C[C@@H](C(=O)N[C@@H](CC(N)=O)C(=O)N2C[C@H](O)C[C@H]2C(N)=O)NC(=O)CNC1=O. The van der Waals surface area contributed by atoms with Crippen LogP contribution in [-0.4, -0.2) is 182 Å². The first-order valence-corrected chi connectivity index (χ1v) is 22.0. The van der Waals surface area contributed by atoms with E-state index in [9.17, 15) is 57.3 Å². The maximum absolute atomic E-state index is 14.5. The van der Waals surface area contributed by atoms with E-state index in [0.29, 0.717) is 11.8 Å². The largest absolute Gasteiger partial charge is 0.465 e. The van der Waals surface area contributed by atoms with Gasteiger partial charge in [0, 0.05) is 51.6 Å². The Morgan fingerprint density at radius 2 is 1.62 bits per heavy atom.